The van der Waals surface area contributed by atoms with Gasteiger partial charge in [0.25, 0.3) is 5.56 Å². The summed E-state index contributed by atoms with van der Waals surface area (Å²) in [5, 5.41) is 17.8. The Balaban J connectivity index is 3.54. The van der Waals surface area contributed by atoms with E-state index >= 15 is 0 Å². The van der Waals surface area contributed by atoms with Gasteiger partial charge in [0, 0.05) is 10.2 Å². The van der Waals surface area contributed by atoms with Gasteiger partial charge >= 0.3 is 0 Å². The number of aromatic amines is 1. The van der Waals surface area contributed by atoms with Crippen LogP contribution in [0.4, 0.5) is 0 Å². The van der Waals surface area contributed by atoms with Gasteiger partial charge in [-0.15, -0.1) is 0 Å². The van der Waals surface area contributed by atoms with Crippen molar-refractivity contribution < 1.29 is 10.2 Å². The topological polar surface area (TPSA) is 73.3 Å². The lowest BCUT2D eigenvalue weighted by Crippen LogP contribution is -2.19. The highest BCUT2D eigenvalue weighted by Gasteiger charge is 2.15. The van der Waals surface area contributed by atoms with E-state index < -0.39 is 11.8 Å². The summed E-state index contributed by atoms with van der Waals surface area (Å²) < 4.78 is 0.690. The molecule has 13 heavy (non-hydrogen) atoms. The molecule has 0 fully saturated rings. The molecule has 0 aliphatic carbocycles. The van der Waals surface area contributed by atoms with Crippen LogP contribution in [0.5, 0.6) is 0 Å². The molecule has 1 aromatic rings. The molecule has 0 amide bonds. The van der Waals surface area contributed by atoms with E-state index in [1.807, 2.05) is 0 Å². The Kier molecular flexibility index (Phi) is 2.90. The molecule has 5 heteroatoms. The van der Waals surface area contributed by atoms with Crippen LogP contribution in [0, 0.1) is 13.8 Å². The zero-order valence-electron chi connectivity index (χ0n) is 7.26. The molecule has 0 saturated carbocycles. The fraction of sp³-hybridized carbons (Fsp3) is 0.375. The number of hydrogen-bond donors (Lipinski definition) is 3. The number of pyridine rings is 1. The Morgan fingerprint density at radius 2 is 1.92 bits per heavy atom. The summed E-state index contributed by atoms with van der Waals surface area (Å²) in [6.45, 7) is 3.38. The van der Waals surface area contributed by atoms with Crippen LogP contribution in [-0.2, 0) is 0 Å². The Labute approximate surface area is 83.4 Å². The zero-order chi connectivity index (χ0) is 10.2. The minimum Gasteiger partial charge on any atom is -0.364 e. The molecule has 0 unspecified atom stereocenters. The van der Waals surface area contributed by atoms with Gasteiger partial charge in [-0.05, 0) is 35.3 Å². The number of H-pyrrole nitrogens is 1. The maximum Gasteiger partial charge on any atom is 0.256 e. The third-order valence-corrected chi connectivity index (χ3v) is 3.06. The maximum atomic E-state index is 11.3. The molecule has 0 atom stereocenters. The van der Waals surface area contributed by atoms with Gasteiger partial charge in [0.2, 0.25) is 0 Å². The molecule has 0 radical (unpaired) electrons. The molecule has 0 bridgehead atoms. The van der Waals surface area contributed by atoms with E-state index in [0.29, 0.717) is 15.7 Å². The van der Waals surface area contributed by atoms with E-state index in [-0.39, 0.29) is 5.56 Å². The first-order chi connectivity index (χ1) is 5.95. The van der Waals surface area contributed by atoms with E-state index in [4.69, 9.17) is 10.2 Å². The Morgan fingerprint density at radius 1 is 1.38 bits per heavy atom. The number of nitrogens with one attached hydrogen (secondary N) is 1. The fourth-order valence-electron chi connectivity index (χ4n) is 1.17. The molecule has 1 aromatic heterocycles. The highest BCUT2D eigenvalue weighted by atomic mass is 79.9. The zero-order valence-corrected chi connectivity index (χ0v) is 8.84. The van der Waals surface area contributed by atoms with Crippen LogP contribution in [0.1, 0.15) is 23.1 Å². The van der Waals surface area contributed by atoms with Crippen LogP contribution in [0.15, 0.2) is 9.27 Å². The Morgan fingerprint density at radius 3 is 2.38 bits per heavy atom. The van der Waals surface area contributed by atoms with Crippen molar-refractivity contribution in [3.63, 3.8) is 0 Å². The van der Waals surface area contributed by atoms with Crippen molar-refractivity contribution in [2.45, 2.75) is 20.1 Å². The molecule has 72 valence electrons. The standard InChI is InChI=1S/C8H10BrNO3/c1-3-5(8(12)13)7(11)10-4(2)6(3)9/h8,12-13H,1-2H3,(H,10,11). The lowest BCUT2D eigenvalue weighted by molar-refractivity contribution is -0.0440. The molecular weight excluding hydrogens is 238 g/mol. The van der Waals surface area contributed by atoms with Gasteiger partial charge < -0.3 is 15.2 Å². The average molecular weight is 248 g/mol. The van der Waals surface area contributed by atoms with E-state index in [2.05, 4.69) is 20.9 Å². The molecular formula is C8H10BrNO3. The molecule has 1 rings (SSSR count). The van der Waals surface area contributed by atoms with Crippen molar-refractivity contribution in [1.29, 1.82) is 0 Å². The van der Waals surface area contributed by atoms with Crippen LogP contribution in [-0.4, -0.2) is 15.2 Å². The number of aromatic nitrogens is 1. The van der Waals surface area contributed by atoms with E-state index in [1.54, 1.807) is 13.8 Å². The third-order valence-electron chi connectivity index (χ3n) is 1.87. The van der Waals surface area contributed by atoms with Crippen LogP contribution in [0.2, 0.25) is 0 Å². The minimum atomic E-state index is -1.74. The summed E-state index contributed by atoms with van der Waals surface area (Å²) in [5.74, 6) is 0. The summed E-state index contributed by atoms with van der Waals surface area (Å²) in [5.41, 5.74) is 0.744. The summed E-state index contributed by atoms with van der Waals surface area (Å²) in [4.78, 5) is 13.8. The molecule has 0 aromatic carbocycles. The van der Waals surface area contributed by atoms with Crippen LogP contribution < -0.4 is 5.56 Å². The van der Waals surface area contributed by atoms with Gasteiger partial charge in [-0.25, -0.2) is 0 Å². The number of hydrogen-bond acceptors (Lipinski definition) is 3. The van der Waals surface area contributed by atoms with Crippen molar-refractivity contribution in [2.75, 3.05) is 0 Å². The van der Waals surface area contributed by atoms with Crippen LogP contribution >= 0.6 is 15.9 Å². The number of rotatable bonds is 1. The predicted molar refractivity (Wildman–Crippen MR) is 51.4 cm³/mol. The van der Waals surface area contributed by atoms with Gasteiger partial charge in [0.15, 0.2) is 6.29 Å². The maximum absolute atomic E-state index is 11.3. The Bertz CT molecular complexity index is 384. The summed E-state index contributed by atoms with van der Waals surface area (Å²) in [6.07, 6.45) is -1.74. The number of halogens is 1. The highest BCUT2D eigenvalue weighted by molar-refractivity contribution is 9.10. The van der Waals surface area contributed by atoms with Crippen LogP contribution in [0.25, 0.3) is 0 Å². The minimum absolute atomic E-state index is 0.0162. The van der Waals surface area contributed by atoms with Crippen molar-refractivity contribution in [3.8, 4) is 0 Å². The summed E-state index contributed by atoms with van der Waals surface area (Å²) in [6, 6.07) is 0. The lowest BCUT2D eigenvalue weighted by atomic mass is 10.1. The van der Waals surface area contributed by atoms with E-state index in [0.717, 1.165) is 0 Å². The van der Waals surface area contributed by atoms with Gasteiger partial charge in [0.05, 0.1) is 5.56 Å². The van der Waals surface area contributed by atoms with Crippen molar-refractivity contribution in [1.82, 2.24) is 4.98 Å². The number of aliphatic hydroxyl groups excluding tert-OH is 1. The van der Waals surface area contributed by atoms with Gasteiger partial charge in [-0.3, -0.25) is 4.79 Å². The Hall–Kier alpha value is -0.650. The molecule has 0 aliphatic heterocycles. The van der Waals surface area contributed by atoms with Gasteiger partial charge in [-0.1, -0.05) is 0 Å². The molecule has 3 N–H and O–H groups in total. The second-order valence-corrected chi connectivity index (χ2v) is 3.60. The molecule has 0 aliphatic rings. The largest absolute Gasteiger partial charge is 0.364 e. The average Bonchev–Trinajstić information content (AvgIpc) is 1.99. The molecule has 4 nitrogen and oxygen atoms in total. The van der Waals surface area contributed by atoms with Gasteiger partial charge in [-0.2, -0.15) is 0 Å². The first-order valence-electron chi connectivity index (χ1n) is 3.70. The molecule has 0 saturated heterocycles. The second-order valence-electron chi connectivity index (χ2n) is 2.81. The first kappa shape index (κ1) is 10.4. The van der Waals surface area contributed by atoms with Crippen molar-refractivity contribution >= 4 is 15.9 Å². The van der Waals surface area contributed by atoms with Crippen molar-refractivity contribution in [2.24, 2.45) is 0 Å². The quantitative estimate of drug-likeness (QED) is 0.641. The summed E-state index contributed by atoms with van der Waals surface area (Å²) >= 11 is 3.24. The van der Waals surface area contributed by atoms with Crippen molar-refractivity contribution in [3.05, 3.63) is 31.6 Å². The van der Waals surface area contributed by atoms with Gasteiger partial charge in [0.1, 0.15) is 0 Å². The molecule has 0 spiro atoms. The van der Waals surface area contributed by atoms with E-state index in [1.165, 1.54) is 0 Å². The monoisotopic (exact) mass is 247 g/mol. The second kappa shape index (κ2) is 3.61. The fourth-order valence-corrected chi connectivity index (χ4v) is 1.49. The molecule has 1 heterocycles. The first-order valence-corrected chi connectivity index (χ1v) is 4.49. The van der Waals surface area contributed by atoms with Crippen LogP contribution in [0.3, 0.4) is 0 Å². The summed E-state index contributed by atoms with van der Waals surface area (Å²) in [7, 11) is 0. The highest BCUT2D eigenvalue weighted by Crippen LogP contribution is 2.22. The third kappa shape index (κ3) is 1.82. The normalized spacial score (nSPS) is 10.9. The SMILES string of the molecule is Cc1[nH]c(=O)c(C(O)O)c(C)c1Br. The van der Waals surface area contributed by atoms with E-state index in [9.17, 15) is 4.79 Å². The lowest BCUT2D eigenvalue weighted by Gasteiger charge is -2.09. The number of aryl methyl sites for hydroxylation is 1. The number of aliphatic hydroxyl groups is 2. The predicted octanol–water partition coefficient (Wildman–Crippen LogP) is 0.737. The smallest absolute Gasteiger partial charge is 0.256 e.